The van der Waals surface area contributed by atoms with Crippen LogP contribution in [-0.2, 0) is 19.0 Å². The topological polar surface area (TPSA) is 97.3 Å². The van der Waals surface area contributed by atoms with Crippen LogP contribution in [-0.4, -0.2) is 65.7 Å². The third-order valence-electron chi connectivity index (χ3n) is 4.94. The van der Waals surface area contributed by atoms with Gasteiger partial charge in [0, 0.05) is 44.9 Å². The number of carbonyl (C=O) groups is 2. The average Bonchev–Trinajstić information content (AvgIpc) is 3.07. The number of ether oxygens (including phenoxy) is 3. The van der Waals surface area contributed by atoms with E-state index in [1.165, 1.54) is 11.8 Å². The van der Waals surface area contributed by atoms with Crippen LogP contribution >= 0.6 is 0 Å². The Balaban J connectivity index is 2.17. The van der Waals surface area contributed by atoms with Crippen LogP contribution in [0.2, 0.25) is 0 Å². The van der Waals surface area contributed by atoms with E-state index in [2.05, 4.69) is 5.32 Å². The molecule has 0 bridgehead atoms. The van der Waals surface area contributed by atoms with Crippen LogP contribution in [0.3, 0.4) is 0 Å². The number of likely N-dealkylation sites (tertiary alicyclic amines) is 1. The largest absolute Gasteiger partial charge is 0.415 e. The predicted octanol–water partition coefficient (Wildman–Crippen LogP) is 1.91. The molecule has 2 unspecified atom stereocenters. The molecular formula is C18H31FN2O6. The van der Waals surface area contributed by atoms with Gasteiger partial charge in [-0.25, -0.2) is 9.18 Å². The molecule has 2 amide bonds. The second-order valence-corrected chi connectivity index (χ2v) is 7.74. The zero-order valence-electron chi connectivity index (χ0n) is 16.5. The van der Waals surface area contributed by atoms with Crippen molar-refractivity contribution in [1.82, 2.24) is 10.2 Å². The van der Waals surface area contributed by atoms with Gasteiger partial charge in [0.1, 0.15) is 0 Å². The lowest BCUT2D eigenvalue weighted by molar-refractivity contribution is -0.175. The Bertz CT molecular complexity index is 546. The van der Waals surface area contributed by atoms with Crippen LogP contribution in [0.1, 0.15) is 53.4 Å². The summed E-state index contributed by atoms with van der Waals surface area (Å²) in [5.74, 6) is -1.41. The molecule has 4 atom stereocenters. The average molecular weight is 390 g/mol. The molecule has 2 heterocycles. The van der Waals surface area contributed by atoms with E-state index in [0.29, 0.717) is 19.4 Å². The molecule has 0 radical (unpaired) electrons. The van der Waals surface area contributed by atoms with Crippen molar-refractivity contribution in [2.45, 2.75) is 77.3 Å². The minimum Gasteiger partial charge on any atom is -0.415 e. The van der Waals surface area contributed by atoms with Crippen molar-refractivity contribution in [3.63, 3.8) is 0 Å². The van der Waals surface area contributed by atoms with Crippen molar-refractivity contribution in [2.75, 3.05) is 19.8 Å². The number of carbonyl (C=O) groups excluding carboxylic acids is 2. The number of hydrogen-bond donors (Lipinski definition) is 2. The molecule has 2 aliphatic rings. The standard InChI is InChI=1S/C18H31FN2O6/c1-5-6-15(19)26-16(24)21-8-7-13(10-22)14(21)9-18(20-12(2)23)11-25-17(3,4)27-18/h13-15,22H,5-11H2,1-4H3,(H,20,23)/t13-,14+,15?,18?/m0/s1. The maximum absolute atomic E-state index is 13.7. The first-order valence-corrected chi connectivity index (χ1v) is 9.46. The molecule has 2 saturated heterocycles. The van der Waals surface area contributed by atoms with Gasteiger partial charge >= 0.3 is 6.09 Å². The van der Waals surface area contributed by atoms with Crippen molar-refractivity contribution in [2.24, 2.45) is 5.92 Å². The highest BCUT2D eigenvalue weighted by Gasteiger charge is 2.51. The highest BCUT2D eigenvalue weighted by molar-refractivity contribution is 5.73. The first-order valence-electron chi connectivity index (χ1n) is 9.46. The Morgan fingerprint density at radius 1 is 1.44 bits per heavy atom. The third kappa shape index (κ3) is 5.52. The van der Waals surface area contributed by atoms with Gasteiger partial charge in [-0.1, -0.05) is 6.92 Å². The van der Waals surface area contributed by atoms with E-state index in [-0.39, 0.29) is 37.9 Å². The van der Waals surface area contributed by atoms with E-state index in [1.807, 2.05) is 0 Å². The number of rotatable bonds is 7. The van der Waals surface area contributed by atoms with Crippen molar-refractivity contribution in [1.29, 1.82) is 0 Å². The highest BCUT2D eigenvalue weighted by atomic mass is 19.1. The van der Waals surface area contributed by atoms with Gasteiger partial charge < -0.3 is 29.5 Å². The predicted molar refractivity (Wildman–Crippen MR) is 94.3 cm³/mol. The number of alkyl halides is 1. The van der Waals surface area contributed by atoms with Gasteiger partial charge in [0.15, 0.2) is 11.5 Å². The molecule has 0 aliphatic carbocycles. The third-order valence-corrected chi connectivity index (χ3v) is 4.94. The Hall–Kier alpha value is -1.45. The van der Waals surface area contributed by atoms with Gasteiger partial charge in [-0.05, 0) is 26.7 Å². The number of nitrogens with one attached hydrogen (secondary N) is 1. The SMILES string of the molecule is CCCC(F)OC(=O)N1CC[C@@H](CO)[C@H]1CC1(NC(C)=O)COC(C)(C)O1. The van der Waals surface area contributed by atoms with Crippen LogP contribution < -0.4 is 5.32 Å². The molecule has 156 valence electrons. The number of hydrogen-bond acceptors (Lipinski definition) is 6. The highest BCUT2D eigenvalue weighted by Crippen LogP contribution is 2.37. The Kier molecular flexibility index (Phi) is 7.04. The minimum absolute atomic E-state index is 0.110. The zero-order chi connectivity index (χ0) is 20.2. The number of amides is 2. The zero-order valence-corrected chi connectivity index (χ0v) is 16.5. The van der Waals surface area contributed by atoms with E-state index < -0.39 is 30.0 Å². The first-order chi connectivity index (χ1) is 12.6. The fourth-order valence-electron chi connectivity index (χ4n) is 3.79. The second-order valence-electron chi connectivity index (χ2n) is 7.74. The Morgan fingerprint density at radius 2 is 2.15 bits per heavy atom. The fraction of sp³-hybridized carbons (Fsp3) is 0.889. The van der Waals surface area contributed by atoms with Gasteiger partial charge in [0.05, 0.1) is 6.61 Å². The van der Waals surface area contributed by atoms with Crippen LogP contribution in [0, 0.1) is 5.92 Å². The molecule has 9 heteroatoms. The van der Waals surface area contributed by atoms with Crippen LogP contribution in [0.15, 0.2) is 0 Å². The van der Waals surface area contributed by atoms with Crippen molar-refractivity contribution in [3.05, 3.63) is 0 Å². The van der Waals surface area contributed by atoms with Crippen molar-refractivity contribution >= 4 is 12.0 Å². The quantitative estimate of drug-likeness (QED) is 0.689. The van der Waals surface area contributed by atoms with E-state index in [0.717, 1.165) is 0 Å². The molecule has 0 spiro atoms. The van der Waals surface area contributed by atoms with E-state index in [4.69, 9.17) is 14.2 Å². The molecule has 0 aromatic carbocycles. The summed E-state index contributed by atoms with van der Waals surface area (Å²) in [6.45, 7) is 6.96. The van der Waals surface area contributed by atoms with Gasteiger partial charge in [0.2, 0.25) is 12.3 Å². The van der Waals surface area contributed by atoms with Crippen LogP contribution in [0.4, 0.5) is 9.18 Å². The summed E-state index contributed by atoms with van der Waals surface area (Å²) in [4.78, 5) is 25.6. The molecule has 2 aliphatic heterocycles. The van der Waals surface area contributed by atoms with E-state index >= 15 is 0 Å². The van der Waals surface area contributed by atoms with Crippen LogP contribution in [0.5, 0.6) is 0 Å². The van der Waals surface area contributed by atoms with E-state index in [1.54, 1.807) is 20.8 Å². The Morgan fingerprint density at radius 3 is 2.67 bits per heavy atom. The number of aliphatic hydroxyl groups excluding tert-OH is 1. The molecule has 0 aromatic heterocycles. The molecule has 2 rings (SSSR count). The summed E-state index contributed by atoms with van der Waals surface area (Å²) in [5, 5.41) is 12.5. The number of aliphatic hydroxyl groups is 1. The lowest BCUT2D eigenvalue weighted by Gasteiger charge is -2.36. The van der Waals surface area contributed by atoms with Gasteiger partial charge in [-0.15, -0.1) is 0 Å². The number of nitrogens with zero attached hydrogens (tertiary/aromatic N) is 1. The van der Waals surface area contributed by atoms with Crippen LogP contribution in [0.25, 0.3) is 0 Å². The molecule has 27 heavy (non-hydrogen) atoms. The second kappa shape index (κ2) is 8.70. The molecule has 2 fully saturated rings. The Labute approximate surface area is 159 Å². The summed E-state index contributed by atoms with van der Waals surface area (Å²) >= 11 is 0. The lowest BCUT2D eigenvalue weighted by atomic mass is 9.93. The van der Waals surface area contributed by atoms with Gasteiger partial charge in [-0.2, -0.15) is 0 Å². The normalized spacial score (nSPS) is 31.0. The summed E-state index contributed by atoms with van der Waals surface area (Å²) in [7, 11) is 0. The van der Waals surface area contributed by atoms with Gasteiger partial charge in [0.25, 0.3) is 0 Å². The summed E-state index contributed by atoms with van der Waals surface area (Å²) in [5.41, 5.74) is -1.13. The summed E-state index contributed by atoms with van der Waals surface area (Å²) < 4.78 is 30.2. The minimum atomic E-state index is -1.66. The maximum atomic E-state index is 13.7. The molecule has 0 saturated carbocycles. The summed E-state index contributed by atoms with van der Waals surface area (Å²) in [6.07, 6.45) is -0.959. The number of halogens is 1. The van der Waals surface area contributed by atoms with Crippen molar-refractivity contribution in [3.8, 4) is 0 Å². The van der Waals surface area contributed by atoms with Crippen molar-refractivity contribution < 1.29 is 33.3 Å². The first kappa shape index (κ1) is 21.8. The molecule has 8 nitrogen and oxygen atoms in total. The molecule has 0 aromatic rings. The smallest absolute Gasteiger partial charge is 0.412 e. The lowest BCUT2D eigenvalue weighted by Crippen LogP contribution is -2.55. The van der Waals surface area contributed by atoms with E-state index in [9.17, 15) is 19.1 Å². The molecular weight excluding hydrogens is 359 g/mol. The summed E-state index contributed by atoms with van der Waals surface area (Å²) in [6, 6.07) is -0.472. The maximum Gasteiger partial charge on any atom is 0.412 e. The molecule has 2 N–H and O–H groups in total. The monoisotopic (exact) mass is 390 g/mol. The fourth-order valence-corrected chi connectivity index (χ4v) is 3.79. The van der Waals surface area contributed by atoms with Gasteiger partial charge in [-0.3, -0.25) is 4.79 Å².